The first-order chi connectivity index (χ1) is 8.78. The standard InChI is InChI=1S/C13H9FN2O2/c1-2-6-17-12-8-13(16-9-15-12)18-11-5-3-4-10(14)7-11/h1,3-5,7-9H,6H2. The molecule has 1 aromatic carbocycles. The summed E-state index contributed by atoms with van der Waals surface area (Å²) in [4.78, 5) is 7.74. The molecule has 2 rings (SSSR count). The van der Waals surface area contributed by atoms with E-state index in [9.17, 15) is 4.39 Å². The first-order valence-electron chi connectivity index (χ1n) is 5.09. The minimum Gasteiger partial charge on any atom is -0.464 e. The van der Waals surface area contributed by atoms with Gasteiger partial charge in [0.25, 0.3) is 0 Å². The van der Waals surface area contributed by atoms with Crippen molar-refractivity contribution >= 4 is 0 Å². The number of rotatable bonds is 4. The largest absolute Gasteiger partial charge is 0.464 e. The van der Waals surface area contributed by atoms with Crippen LogP contribution in [0.1, 0.15) is 0 Å². The van der Waals surface area contributed by atoms with Crippen molar-refractivity contribution in [2.45, 2.75) is 0 Å². The van der Waals surface area contributed by atoms with Gasteiger partial charge in [-0.25, -0.2) is 14.4 Å². The lowest BCUT2D eigenvalue weighted by Gasteiger charge is -2.05. The molecule has 0 aliphatic carbocycles. The molecule has 0 atom stereocenters. The van der Waals surface area contributed by atoms with Gasteiger partial charge in [0.1, 0.15) is 17.9 Å². The zero-order valence-electron chi connectivity index (χ0n) is 9.34. The van der Waals surface area contributed by atoms with E-state index in [1.807, 2.05) is 0 Å². The van der Waals surface area contributed by atoms with E-state index in [-0.39, 0.29) is 18.3 Å². The van der Waals surface area contributed by atoms with Gasteiger partial charge >= 0.3 is 0 Å². The van der Waals surface area contributed by atoms with Crippen molar-refractivity contribution in [2.24, 2.45) is 0 Å². The molecule has 0 amide bonds. The summed E-state index contributed by atoms with van der Waals surface area (Å²) in [5.41, 5.74) is 0. The van der Waals surface area contributed by atoms with Gasteiger partial charge in [-0.2, -0.15) is 0 Å². The fourth-order valence-electron chi connectivity index (χ4n) is 1.22. The number of ether oxygens (including phenoxy) is 2. The second-order valence-corrected chi connectivity index (χ2v) is 3.25. The Balaban J connectivity index is 2.12. The summed E-state index contributed by atoms with van der Waals surface area (Å²) >= 11 is 0. The molecule has 0 saturated carbocycles. The number of benzene rings is 1. The summed E-state index contributed by atoms with van der Waals surface area (Å²) < 4.78 is 23.4. The van der Waals surface area contributed by atoms with Crippen LogP contribution in [0.2, 0.25) is 0 Å². The Morgan fingerprint density at radius 2 is 2.06 bits per heavy atom. The normalized spacial score (nSPS) is 9.56. The van der Waals surface area contributed by atoms with Gasteiger partial charge < -0.3 is 9.47 Å². The van der Waals surface area contributed by atoms with Gasteiger partial charge in [-0.15, -0.1) is 6.42 Å². The van der Waals surface area contributed by atoms with Gasteiger partial charge in [0.05, 0.1) is 6.07 Å². The number of nitrogens with zero attached hydrogens (tertiary/aromatic N) is 2. The molecule has 0 aliphatic rings. The molecule has 0 aliphatic heterocycles. The number of terminal acetylenes is 1. The maximum atomic E-state index is 13.0. The zero-order chi connectivity index (χ0) is 12.8. The summed E-state index contributed by atoms with van der Waals surface area (Å²) in [6.45, 7) is 0.108. The molecule has 90 valence electrons. The van der Waals surface area contributed by atoms with Crippen LogP contribution in [-0.4, -0.2) is 16.6 Å². The van der Waals surface area contributed by atoms with Crippen LogP contribution >= 0.6 is 0 Å². The lowest BCUT2D eigenvalue weighted by atomic mass is 10.3. The van der Waals surface area contributed by atoms with Crippen molar-refractivity contribution in [3.8, 4) is 29.9 Å². The van der Waals surface area contributed by atoms with Crippen molar-refractivity contribution in [1.82, 2.24) is 9.97 Å². The summed E-state index contributed by atoms with van der Waals surface area (Å²) in [7, 11) is 0. The number of aromatic nitrogens is 2. The second-order valence-electron chi connectivity index (χ2n) is 3.25. The molecule has 2 aromatic rings. The number of hydrogen-bond acceptors (Lipinski definition) is 4. The van der Waals surface area contributed by atoms with E-state index >= 15 is 0 Å². The van der Waals surface area contributed by atoms with Crippen LogP contribution in [0.25, 0.3) is 0 Å². The van der Waals surface area contributed by atoms with E-state index in [1.165, 1.54) is 24.5 Å². The average Bonchev–Trinajstić information content (AvgIpc) is 2.37. The first-order valence-corrected chi connectivity index (χ1v) is 5.09. The van der Waals surface area contributed by atoms with E-state index in [2.05, 4.69) is 15.9 Å². The van der Waals surface area contributed by atoms with E-state index in [0.717, 1.165) is 0 Å². The fourth-order valence-corrected chi connectivity index (χ4v) is 1.22. The smallest absolute Gasteiger partial charge is 0.226 e. The van der Waals surface area contributed by atoms with E-state index < -0.39 is 0 Å². The molecule has 0 bridgehead atoms. The van der Waals surface area contributed by atoms with Gasteiger partial charge in [-0.1, -0.05) is 12.0 Å². The first kappa shape index (κ1) is 11.9. The number of hydrogen-bond donors (Lipinski definition) is 0. The molecule has 0 unspecified atom stereocenters. The predicted molar refractivity (Wildman–Crippen MR) is 62.8 cm³/mol. The molecule has 0 saturated heterocycles. The molecular weight excluding hydrogens is 235 g/mol. The monoisotopic (exact) mass is 244 g/mol. The Labute approximate surface area is 103 Å². The van der Waals surface area contributed by atoms with Crippen LogP contribution in [-0.2, 0) is 0 Å². The molecule has 0 fully saturated rings. The van der Waals surface area contributed by atoms with Gasteiger partial charge in [0, 0.05) is 6.07 Å². The van der Waals surface area contributed by atoms with Crippen LogP contribution in [0.5, 0.6) is 17.5 Å². The van der Waals surface area contributed by atoms with Crippen LogP contribution < -0.4 is 9.47 Å². The Morgan fingerprint density at radius 3 is 2.83 bits per heavy atom. The van der Waals surface area contributed by atoms with Gasteiger partial charge in [0.2, 0.25) is 11.8 Å². The van der Waals surface area contributed by atoms with Crippen LogP contribution in [0.15, 0.2) is 36.7 Å². The third-order valence-electron chi connectivity index (χ3n) is 1.94. The third kappa shape index (κ3) is 3.19. The van der Waals surface area contributed by atoms with Crippen molar-refractivity contribution in [2.75, 3.05) is 6.61 Å². The molecule has 0 spiro atoms. The minimum absolute atomic E-state index is 0.108. The molecule has 5 heteroatoms. The summed E-state index contributed by atoms with van der Waals surface area (Å²) in [6.07, 6.45) is 6.34. The lowest BCUT2D eigenvalue weighted by molar-refractivity contribution is 0.349. The maximum absolute atomic E-state index is 13.0. The Bertz CT molecular complexity index is 581. The minimum atomic E-state index is -0.384. The SMILES string of the molecule is C#CCOc1cc(Oc2cccc(F)c2)ncn1. The van der Waals surface area contributed by atoms with Crippen molar-refractivity contribution in [1.29, 1.82) is 0 Å². The summed E-state index contributed by atoms with van der Waals surface area (Å²) in [5, 5.41) is 0. The molecule has 18 heavy (non-hydrogen) atoms. The van der Waals surface area contributed by atoms with E-state index in [4.69, 9.17) is 15.9 Å². The van der Waals surface area contributed by atoms with Crippen molar-refractivity contribution in [3.05, 3.63) is 42.5 Å². The summed E-state index contributed by atoms with van der Waals surface area (Å²) in [5.74, 6) is 2.83. The highest BCUT2D eigenvalue weighted by molar-refractivity contribution is 5.28. The number of halogens is 1. The molecular formula is C13H9FN2O2. The van der Waals surface area contributed by atoms with Gasteiger partial charge in [-0.3, -0.25) is 0 Å². The third-order valence-corrected chi connectivity index (χ3v) is 1.94. The van der Waals surface area contributed by atoms with Crippen molar-refractivity contribution in [3.63, 3.8) is 0 Å². The zero-order valence-corrected chi connectivity index (χ0v) is 9.34. The molecule has 1 aromatic heterocycles. The highest BCUT2D eigenvalue weighted by Crippen LogP contribution is 2.21. The highest BCUT2D eigenvalue weighted by atomic mass is 19.1. The Morgan fingerprint density at radius 1 is 1.22 bits per heavy atom. The molecule has 0 radical (unpaired) electrons. The molecule has 1 heterocycles. The van der Waals surface area contributed by atoms with Crippen molar-refractivity contribution < 1.29 is 13.9 Å². The fraction of sp³-hybridized carbons (Fsp3) is 0.0769. The highest BCUT2D eigenvalue weighted by Gasteiger charge is 2.03. The molecule has 4 nitrogen and oxygen atoms in total. The second kappa shape index (κ2) is 5.64. The van der Waals surface area contributed by atoms with Gasteiger partial charge in [-0.05, 0) is 12.1 Å². The van der Waals surface area contributed by atoms with E-state index in [1.54, 1.807) is 12.1 Å². The summed E-state index contributed by atoms with van der Waals surface area (Å²) in [6, 6.07) is 7.22. The molecule has 0 N–H and O–H groups in total. The van der Waals surface area contributed by atoms with Gasteiger partial charge in [0.15, 0.2) is 6.61 Å². The average molecular weight is 244 g/mol. The van der Waals surface area contributed by atoms with Crippen LogP contribution in [0.3, 0.4) is 0 Å². The lowest BCUT2D eigenvalue weighted by Crippen LogP contribution is -1.97. The topological polar surface area (TPSA) is 44.2 Å². The Hall–Kier alpha value is -2.61. The predicted octanol–water partition coefficient (Wildman–Crippen LogP) is 2.42. The quantitative estimate of drug-likeness (QED) is 0.775. The van der Waals surface area contributed by atoms with Crippen LogP contribution in [0, 0.1) is 18.2 Å². The van der Waals surface area contributed by atoms with Crippen LogP contribution in [0.4, 0.5) is 4.39 Å². The Kier molecular flexibility index (Phi) is 3.72. The van der Waals surface area contributed by atoms with E-state index in [0.29, 0.717) is 11.6 Å². The maximum Gasteiger partial charge on any atom is 0.226 e.